The van der Waals surface area contributed by atoms with Gasteiger partial charge < -0.3 is 21.1 Å². The monoisotopic (exact) mass is 598 g/mol. The van der Waals surface area contributed by atoms with E-state index in [0.717, 1.165) is 21.7 Å². The average molecular weight is 599 g/mol. The van der Waals surface area contributed by atoms with Crippen LogP contribution in [0.4, 0.5) is 15.3 Å². The summed E-state index contributed by atoms with van der Waals surface area (Å²) in [6.07, 6.45) is 11.1. The summed E-state index contributed by atoms with van der Waals surface area (Å²) in [4.78, 5) is 33.3. The number of urea groups is 1. The van der Waals surface area contributed by atoms with Crippen molar-refractivity contribution in [3.8, 4) is 10.4 Å². The number of nitrogens with zero attached hydrogens (tertiary/aromatic N) is 2. The zero-order valence-corrected chi connectivity index (χ0v) is 26.2. The maximum absolute atomic E-state index is 12.5. The van der Waals surface area contributed by atoms with Gasteiger partial charge >= 0.3 is 12.1 Å². The Morgan fingerprint density at radius 1 is 1.12 bits per heavy atom. The molecule has 3 aromatic rings. The lowest BCUT2D eigenvalue weighted by molar-refractivity contribution is 0.125. The Balaban J connectivity index is 0.000000587. The number of carbonyl (C=O) groups excluding carboxylic acids is 2. The van der Waals surface area contributed by atoms with E-state index in [2.05, 4.69) is 57.6 Å². The van der Waals surface area contributed by atoms with Crippen molar-refractivity contribution >= 4 is 41.1 Å². The van der Waals surface area contributed by atoms with Gasteiger partial charge in [0.2, 0.25) is 0 Å². The highest BCUT2D eigenvalue weighted by Crippen LogP contribution is 2.40. The smallest absolute Gasteiger partial charge is 0.404 e. The number of ether oxygens (including phenoxy) is 1. The number of nitrogens with one attached hydrogen (secondary N) is 3. The summed E-state index contributed by atoms with van der Waals surface area (Å²) in [6, 6.07) is 9.62. The van der Waals surface area contributed by atoms with Crippen LogP contribution in [0.2, 0.25) is 0 Å². The standard InChI is InChI=1S/C26H33N5OS2.C4H9NO2/c1-26(2,3)31-34-22-15-20(30-25(32)29-16-18-11-13-27-14-12-18)9-10-21(22)23-17-28-24(33-23)19-7-5-4-6-8-19;1-3(2)7-4(5)6/h9-15,17,19,31H,4-8,16H2,1-3H3,(H2,29,30,32);3H,1-2H3,(H2,5,6). The van der Waals surface area contributed by atoms with Gasteiger partial charge in [-0.25, -0.2) is 14.6 Å². The van der Waals surface area contributed by atoms with Crippen LogP contribution in [0, 0.1) is 0 Å². The first kappa shape index (κ1) is 32.4. The number of nitrogens with two attached hydrogens (primary N) is 1. The summed E-state index contributed by atoms with van der Waals surface area (Å²) in [5.41, 5.74) is 7.49. The Morgan fingerprint density at radius 2 is 1.83 bits per heavy atom. The quantitative estimate of drug-likeness (QED) is 0.198. The molecular weight excluding hydrogens is 557 g/mol. The Morgan fingerprint density at radius 3 is 2.44 bits per heavy atom. The highest BCUT2D eigenvalue weighted by Gasteiger charge is 2.21. The number of hydrogen-bond acceptors (Lipinski definition) is 8. The zero-order chi connectivity index (χ0) is 29.8. The normalized spacial score (nSPS) is 13.7. The van der Waals surface area contributed by atoms with Gasteiger partial charge in [0.15, 0.2) is 0 Å². The molecule has 0 unspecified atom stereocenters. The SMILES string of the molecule is CC(C)(C)NSc1cc(NC(=O)NCc2ccncc2)ccc1-c1cnc(C2CCCCC2)s1.CC(C)OC(N)=O. The fourth-order valence-corrected chi connectivity index (χ4v) is 6.22. The van der Waals surface area contributed by atoms with Gasteiger partial charge in [-0.3, -0.25) is 9.71 Å². The van der Waals surface area contributed by atoms with Gasteiger partial charge in [-0.1, -0.05) is 25.3 Å². The van der Waals surface area contributed by atoms with Crippen LogP contribution >= 0.6 is 23.3 Å². The molecule has 0 atom stereocenters. The zero-order valence-electron chi connectivity index (χ0n) is 24.5. The van der Waals surface area contributed by atoms with Gasteiger partial charge in [0, 0.05) is 52.7 Å². The van der Waals surface area contributed by atoms with Crippen molar-refractivity contribution in [2.24, 2.45) is 5.73 Å². The largest absolute Gasteiger partial charge is 0.447 e. The van der Waals surface area contributed by atoms with Gasteiger partial charge in [-0.05, 0) is 89.2 Å². The van der Waals surface area contributed by atoms with E-state index in [0.29, 0.717) is 12.5 Å². The second-order valence-corrected chi connectivity index (χ2v) is 13.1. The van der Waals surface area contributed by atoms with Gasteiger partial charge in [-0.15, -0.1) is 11.3 Å². The molecule has 0 saturated heterocycles. The molecule has 1 aliphatic rings. The van der Waals surface area contributed by atoms with Crippen LogP contribution < -0.4 is 21.1 Å². The number of anilines is 1. The third-order valence-electron chi connectivity index (χ3n) is 6.00. The van der Waals surface area contributed by atoms with Crippen LogP contribution in [-0.4, -0.2) is 33.7 Å². The van der Waals surface area contributed by atoms with Crippen molar-refractivity contribution in [2.75, 3.05) is 5.32 Å². The van der Waals surface area contributed by atoms with Crippen molar-refractivity contribution in [2.45, 2.75) is 95.7 Å². The Labute approximate surface area is 251 Å². The summed E-state index contributed by atoms with van der Waals surface area (Å²) in [6.45, 7) is 10.4. The number of amides is 3. The maximum atomic E-state index is 12.5. The van der Waals surface area contributed by atoms with Gasteiger partial charge in [0.25, 0.3) is 0 Å². The van der Waals surface area contributed by atoms with E-state index in [1.807, 2.05) is 41.8 Å². The van der Waals surface area contributed by atoms with Crippen LogP contribution in [0.1, 0.15) is 83.2 Å². The second-order valence-electron chi connectivity index (χ2n) is 11.2. The van der Waals surface area contributed by atoms with E-state index in [1.54, 1.807) is 38.2 Å². The Hall–Kier alpha value is -3.15. The molecular formula is C30H42N6O3S2. The molecule has 0 aliphatic heterocycles. The fraction of sp³-hybridized carbons (Fsp3) is 0.467. The highest BCUT2D eigenvalue weighted by atomic mass is 32.2. The van der Waals surface area contributed by atoms with E-state index in [1.165, 1.54) is 42.0 Å². The van der Waals surface area contributed by atoms with E-state index >= 15 is 0 Å². The number of benzene rings is 1. The molecule has 4 rings (SSSR count). The van der Waals surface area contributed by atoms with Crippen molar-refractivity contribution in [3.63, 3.8) is 0 Å². The highest BCUT2D eigenvalue weighted by molar-refractivity contribution is 7.97. The maximum Gasteiger partial charge on any atom is 0.404 e. The number of aromatic nitrogens is 2. The molecule has 222 valence electrons. The van der Waals surface area contributed by atoms with E-state index in [-0.39, 0.29) is 17.7 Å². The predicted molar refractivity (Wildman–Crippen MR) is 168 cm³/mol. The molecule has 0 bridgehead atoms. The van der Waals surface area contributed by atoms with Crippen molar-refractivity contribution in [3.05, 3.63) is 59.5 Å². The second kappa shape index (κ2) is 15.7. The molecule has 1 saturated carbocycles. The minimum absolute atomic E-state index is 0.0474. The lowest BCUT2D eigenvalue weighted by atomic mass is 9.90. The number of pyridine rings is 1. The molecule has 9 nitrogen and oxygen atoms in total. The molecule has 3 amide bonds. The molecule has 11 heteroatoms. The minimum Gasteiger partial charge on any atom is -0.447 e. The first-order valence-electron chi connectivity index (χ1n) is 13.9. The van der Waals surface area contributed by atoms with Crippen LogP contribution in [0.3, 0.4) is 0 Å². The van der Waals surface area contributed by atoms with Gasteiger partial charge in [0.05, 0.1) is 16.0 Å². The average Bonchev–Trinajstić information content (AvgIpc) is 3.41. The molecule has 1 aliphatic carbocycles. The molecule has 0 spiro atoms. The number of primary amides is 1. The molecule has 0 radical (unpaired) electrons. The number of carbonyl (C=O) groups is 2. The summed E-state index contributed by atoms with van der Waals surface area (Å²) >= 11 is 3.40. The molecule has 5 N–H and O–H groups in total. The van der Waals surface area contributed by atoms with E-state index < -0.39 is 6.09 Å². The molecule has 1 aromatic carbocycles. The topological polar surface area (TPSA) is 131 Å². The van der Waals surface area contributed by atoms with Crippen LogP contribution in [0.5, 0.6) is 0 Å². The van der Waals surface area contributed by atoms with Gasteiger partial charge in [-0.2, -0.15) is 0 Å². The van der Waals surface area contributed by atoms with Crippen LogP contribution in [0.15, 0.2) is 53.8 Å². The van der Waals surface area contributed by atoms with Crippen molar-refractivity contribution in [1.82, 2.24) is 20.0 Å². The van der Waals surface area contributed by atoms with Crippen LogP contribution in [0.25, 0.3) is 10.4 Å². The summed E-state index contributed by atoms with van der Waals surface area (Å²) in [5, 5.41) is 7.12. The molecule has 41 heavy (non-hydrogen) atoms. The van der Waals surface area contributed by atoms with Crippen molar-refractivity contribution in [1.29, 1.82) is 0 Å². The molecule has 1 fully saturated rings. The summed E-state index contributed by atoms with van der Waals surface area (Å²) in [7, 11) is 0. The van der Waals surface area contributed by atoms with E-state index in [9.17, 15) is 9.59 Å². The van der Waals surface area contributed by atoms with Crippen molar-refractivity contribution < 1.29 is 14.3 Å². The summed E-state index contributed by atoms with van der Waals surface area (Å²) in [5.74, 6) is 0.598. The predicted octanol–water partition coefficient (Wildman–Crippen LogP) is 7.46. The fourth-order valence-electron chi connectivity index (χ4n) is 4.14. The van der Waals surface area contributed by atoms with E-state index in [4.69, 9.17) is 4.98 Å². The number of rotatable bonds is 8. The molecule has 2 heterocycles. The molecule has 2 aromatic heterocycles. The Kier molecular flexibility index (Phi) is 12.4. The third kappa shape index (κ3) is 11.7. The summed E-state index contributed by atoms with van der Waals surface area (Å²) < 4.78 is 7.90. The number of hydrogen-bond donors (Lipinski definition) is 4. The Bertz CT molecular complexity index is 1250. The number of thiazole rings is 1. The first-order valence-corrected chi connectivity index (χ1v) is 15.6. The van der Waals surface area contributed by atoms with Gasteiger partial charge in [0.1, 0.15) is 0 Å². The first-order chi connectivity index (χ1) is 19.5. The minimum atomic E-state index is -0.713. The van der Waals surface area contributed by atoms with Crippen LogP contribution in [-0.2, 0) is 11.3 Å². The lowest BCUT2D eigenvalue weighted by Crippen LogP contribution is -2.30. The lowest BCUT2D eigenvalue weighted by Gasteiger charge is -2.21. The third-order valence-corrected chi connectivity index (χ3v) is 8.47.